The molecular weight excluding hydrogens is 193 g/mol. The summed E-state index contributed by atoms with van der Waals surface area (Å²) in [5.41, 5.74) is -3.09. The van der Waals surface area contributed by atoms with E-state index in [0.717, 1.165) is 0 Å². The van der Waals surface area contributed by atoms with Gasteiger partial charge >= 0.3 is 0 Å². The number of alkyl halides is 3. The molecule has 1 unspecified atom stereocenters. The third-order valence-electron chi connectivity index (χ3n) is 1.35. The van der Waals surface area contributed by atoms with Crippen LogP contribution in [0, 0.1) is 0 Å². The smallest absolute Gasteiger partial charge is 0.225 e. The van der Waals surface area contributed by atoms with Crippen molar-refractivity contribution in [2.75, 3.05) is 0 Å². The second-order valence-corrected chi connectivity index (χ2v) is 6.11. The number of rotatable bonds is 2. The third-order valence-corrected chi connectivity index (χ3v) is 3.85. The molecule has 0 radical (unpaired) electrons. The van der Waals surface area contributed by atoms with E-state index in [2.05, 4.69) is 0 Å². The van der Waals surface area contributed by atoms with E-state index >= 15 is 0 Å². The summed E-state index contributed by atoms with van der Waals surface area (Å²) < 4.78 is 56.3. The quantitative estimate of drug-likeness (QED) is 0.686. The van der Waals surface area contributed by atoms with Gasteiger partial charge in [-0.15, -0.1) is 0 Å². The van der Waals surface area contributed by atoms with Crippen LogP contribution in [0.2, 0.25) is 0 Å². The van der Waals surface area contributed by atoms with Gasteiger partial charge in [0.1, 0.15) is 0 Å². The van der Waals surface area contributed by atoms with Crippen LogP contribution >= 0.6 is 0 Å². The Balaban J connectivity index is 4.89. The van der Waals surface area contributed by atoms with Gasteiger partial charge in [-0.1, -0.05) is 0 Å². The monoisotopic (exact) mass is 204 g/mol. The zero-order chi connectivity index (χ0) is 10.2. The Kier molecular flexibility index (Phi) is 3.17. The molecule has 0 aliphatic heterocycles. The molecule has 2 nitrogen and oxygen atoms in total. The van der Waals surface area contributed by atoms with E-state index in [9.17, 15) is 21.6 Å². The molecule has 0 aliphatic carbocycles. The Bertz CT molecular complexity index is 240. The summed E-state index contributed by atoms with van der Waals surface area (Å²) in [6.45, 7) is 3.53. The zero-order valence-corrected chi connectivity index (χ0v) is 7.83. The molecule has 0 heterocycles. The topological polar surface area (TPSA) is 34.1 Å². The summed E-state index contributed by atoms with van der Waals surface area (Å²) in [6, 6.07) is 0. The van der Waals surface area contributed by atoms with E-state index in [0.29, 0.717) is 0 Å². The standard InChI is InChI=1S/C6H11F3O2S/c1-6(2,3)12(10,11)5(9)4(7)8/h4-5H,1-3H3. The average molecular weight is 204 g/mol. The molecule has 0 spiro atoms. The molecular formula is C6H11F3O2S. The van der Waals surface area contributed by atoms with Gasteiger partial charge in [-0.05, 0) is 20.8 Å². The fourth-order valence-electron chi connectivity index (χ4n) is 0.473. The molecule has 0 aromatic carbocycles. The number of halogens is 3. The Morgan fingerprint density at radius 2 is 1.42 bits per heavy atom. The lowest BCUT2D eigenvalue weighted by atomic mass is 10.3. The van der Waals surface area contributed by atoms with Gasteiger partial charge in [-0.2, -0.15) is 0 Å². The Morgan fingerprint density at radius 1 is 1.08 bits per heavy atom. The second kappa shape index (κ2) is 3.24. The summed E-state index contributed by atoms with van der Waals surface area (Å²) >= 11 is 0. The molecule has 0 aliphatic rings. The van der Waals surface area contributed by atoms with Gasteiger partial charge in [0.2, 0.25) is 0 Å². The van der Waals surface area contributed by atoms with Gasteiger partial charge in [-0.3, -0.25) is 0 Å². The maximum absolute atomic E-state index is 12.5. The molecule has 1 atom stereocenters. The van der Waals surface area contributed by atoms with Crippen molar-refractivity contribution < 1.29 is 21.6 Å². The predicted molar refractivity (Wildman–Crippen MR) is 39.6 cm³/mol. The van der Waals surface area contributed by atoms with E-state index < -0.39 is 26.5 Å². The van der Waals surface area contributed by atoms with Crippen LogP contribution in [0.4, 0.5) is 13.2 Å². The summed E-state index contributed by atoms with van der Waals surface area (Å²) in [5, 5.41) is 0. The molecule has 0 amide bonds. The molecule has 0 aromatic heterocycles. The van der Waals surface area contributed by atoms with Gasteiger partial charge in [0.15, 0.2) is 9.84 Å². The lowest BCUT2D eigenvalue weighted by Crippen LogP contribution is -2.38. The molecule has 0 saturated heterocycles. The van der Waals surface area contributed by atoms with E-state index in [1.807, 2.05) is 0 Å². The lowest BCUT2D eigenvalue weighted by Gasteiger charge is -2.21. The van der Waals surface area contributed by atoms with Crippen LogP contribution in [0.1, 0.15) is 20.8 Å². The van der Waals surface area contributed by atoms with Crippen LogP contribution in [0.15, 0.2) is 0 Å². The largest absolute Gasteiger partial charge is 0.283 e. The van der Waals surface area contributed by atoms with Crippen LogP contribution in [-0.2, 0) is 9.84 Å². The Hall–Kier alpha value is -0.260. The summed E-state index contributed by atoms with van der Waals surface area (Å²) in [7, 11) is -4.39. The number of hydrogen-bond donors (Lipinski definition) is 0. The molecule has 0 bridgehead atoms. The molecule has 0 saturated carbocycles. The van der Waals surface area contributed by atoms with Crippen LogP contribution in [0.3, 0.4) is 0 Å². The second-order valence-electron chi connectivity index (χ2n) is 3.34. The SMILES string of the molecule is CC(C)(C)S(=O)(=O)C(F)C(F)F. The highest BCUT2D eigenvalue weighted by Crippen LogP contribution is 2.25. The summed E-state index contributed by atoms with van der Waals surface area (Å²) in [6.07, 6.45) is -3.48. The van der Waals surface area contributed by atoms with Crippen molar-refractivity contribution in [3.05, 3.63) is 0 Å². The van der Waals surface area contributed by atoms with Gasteiger partial charge in [0, 0.05) is 0 Å². The van der Waals surface area contributed by atoms with Crippen LogP contribution in [0.25, 0.3) is 0 Å². The third kappa shape index (κ3) is 2.12. The first kappa shape index (κ1) is 11.7. The average Bonchev–Trinajstić information content (AvgIpc) is 1.83. The minimum atomic E-state index is -4.39. The maximum Gasteiger partial charge on any atom is 0.283 e. The van der Waals surface area contributed by atoms with Gasteiger partial charge in [0.05, 0.1) is 4.75 Å². The van der Waals surface area contributed by atoms with E-state index in [-0.39, 0.29) is 0 Å². The molecule has 0 fully saturated rings. The highest BCUT2D eigenvalue weighted by Gasteiger charge is 2.42. The number of hydrogen-bond acceptors (Lipinski definition) is 2. The first-order chi connectivity index (χ1) is 5.10. The number of sulfone groups is 1. The van der Waals surface area contributed by atoms with Crippen LogP contribution < -0.4 is 0 Å². The van der Waals surface area contributed by atoms with Crippen molar-refractivity contribution >= 4 is 9.84 Å². The Morgan fingerprint density at radius 3 is 1.50 bits per heavy atom. The summed E-state index contributed by atoms with van der Waals surface area (Å²) in [5.74, 6) is 0. The van der Waals surface area contributed by atoms with Crippen LogP contribution in [-0.4, -0.2) is 25.1 Å². The van der Waals surface area contributed by atoms with E-state index in [1.54, 1.807) is 0 Å². The fraction of sp³-hybridized carbons (Fsp3) is 1.00. The van der Waals surface area contributed by atoms with Crippen molar-refractivity contribution in [2.24, 2.45) is 0 Å². The van der Waals surface area contributed by atoms with E-state index in [4.69, 9.17) is 0 Å². The minimum absolute atomic E-state index is 1.18. The first-order valence-corrected chi connectivity index (χ1v) is 4.81. The van der Waals surface area contributed by atoms with Crippen LogP contribution in [0.5, 0.6) is 0 Å². The lowest BCUT2D eigenvalue weighted by molar-refractivity contribution is 0.0891. The normalized spacial score (nSPS) is 16.6. The van der Waals surface area contributed by atoms with E-state index in [1.165, 1.54) is 20.8 Å². The predicted octanol–water partition coefficient (Wildman–Crippen LogP) is 1.76. The molecule has 74 valence electrons. The van der Waals surface area contributed by atoms with Gasteiger partial charge in [-0.25, -0.2) is 21.6 Å². The molecule has 0 aromatic rings. The van der Waals surface area contributed by atoms with Crippen molar-refractivity contribution in [3.8, 4) is 0 Å². The van der Waals surface area contributed by atoms with Crippen molar-refractivity contribution in [1.82, 2.24) is 0 Å². The molecule has 0 rings (SSSR count). The first-order valence-electron chi connectivity index (χ1n) is 3.26. The molecule has 12 heavy (non-hydrogen) atoms. The highest BCUT2D eigenvalue weighted by molar-refractivity contribution is 7.93. The fourth-order valence-corrected chi connectivity index (χ4v) is 1.42. The zero-order valence-electron chi connectivity index (χ0n) is 7.01. The molecule has 0 N–H and O–H groups in total. The summed E-state index contributed by atoms with van der Waals surface area (Å²) in [4.78, 5) is 0. The molecule has 6 heteroatoms. The van der Waals surface area contributed by atoms with Gasteiger partial charge in [0.25, 0.3) is 11.9 Å². The Labute approximate surface area is 69.7 Å². The van der Waals surface area contributed by atoms with Gasteiger partial charge < -0.3 is 0 Å². The maximum atomic E-state index is 12.5. The van der Waals surface area contributed by atoms with Crippen molar-refractivity contribution in [1.29, 1.82) is 0 Å². The highest BCUT2D eigenvalue weighted by atomic mass is 32.2. The minimum Gasteiger partial charge on any atom is -0.225 e. The van der Waals surface area contributed by atoms with Crippen molar-refractivity contribution in [2.45, 2.75) is 37.4 Å². The van der Waals surface area contributed by atoms with Crippen molar-refractivity contribution in [3.63, 3.8) is 0 Å².